The van der Waals surface area contributed by atoms with Crippen LogP contribution < -0.4 is 0 Å². The number of ether oxygens (including phenoxy) is 2. The van der Waals surface area contributed by atoms with E-state index in [9.17, 15) is 9.59 Å². The van der Waals surface area contributed by atoms with Crippen LogP contribution in [0.3, 0.4) is 0 Å². The second-order valence-electron chi connectivity index (χ2n) is 3.74. The average molecular weight is 227 g/mol. The van der Waals surface area contributed by atoms with Crippen LogP contribution in [0, 0.1) is 5.92 Å². The van der Waals surface area contributed by atoms with Gasteiger partial charge in [0.1, 0.15) is 5.76 Å². The fourth-order valence-electron chi connectivity index (χ4n) is 1.38. The lowest BCUT2D eigenvalue weighted by atomic mass is 10.1. The van der Waals surface area contributed by atoms with E-state index in [1.807, 2.05) is 0 Å². The Morgan fingerprint density at radius 1 is 1.69 bits per heavy atom. The number of amides is 1. The third kappa shape index (κ3) is 3.25. The molecule has 0 N–H and O–H groups in total. The molecule has 1 amide bonds. The van der Waals surface area contributed by atoms with Gasteiger partial charge < -0.3 is 14.4 Å². The molecule has 0 aromatic heterocycles. The van der Waals surface area contributed by atoms with Crippen molar-refractivity contribution in [3.63, 3.8) is 0 Å². The molecule has 0 aliphatic carbocycles. The number of allylic oxidation sites excluding steroid dienone is 1. The Bertz CT molecular complexity index is 311. The van der Waals surface area contributed by atoms with Crippen LogP contribution in [0.5, 0.6) is 0 Å². The lowest BCUT2D eigenvalue weighted by Crippen LogP contribution is -2.40. The van der Waals surface area contributed by atoms with Crippen molar-refractivity contribution in [2.75, 3.05) is 19.9 Å². The molecule has 0 aromatic carbocycles. The SMILES string of the molecule is CCOC(=O)C(C)CN1COC(C)=CC1=O. The normalized spacial score (nSPS) is 17.6. The third-order valence-corrected chi connectivity index (χ3v) is 2.27. The van der Waals surface area contributed by atoms with E-state index in [2.05, 4.69) is 0 Å². The molecule has 1 aliphatic heterocycles. The first-order valence-electron chi connectivity index (χ1n) is 5.31. The van der Waals surface area contributed by atoms with Crippen molar-refractivity contribution >= 4 is 11.9 Å². The van der Waals surface area contributed by atoms with Gasteiger partial charge >= 0.3 is 5.97 Å². The molecule has 0 bridgehead atoms. The second-order valence-corrected chi connectivity index (χ2v) is 3.74. The van der Waals surface area contributed by atoms with E-state index in [1.54, 1.807) is 20.8 Å². The van der Waals surface area contributed by atoms with Gasteiger partial charge in [0.15, 0.2) is 6.73 Å². The minimum absolute atomic E-state index is 0.125. The summed E-state index contributed by atoms with van der Waals surface area (Å²) in [4.78, 5) is 24.4. The summed E-state index contributed by atoms with van der Waals surface area (Å²) in [7, 11) is 0. The Labute approximate surface area is 95.0 Å². The number of nitrogens with zero attached hydrogens (tertiary/aromatic N) is 1. The highest BCUT2D eigenvalue weighted by Crippen LogP contribution is 2.11. The fourth-order valence-corrected chi connectivity index (χ4v) is 1.38. The number of rotatable bonds is 4. The first kappa shape index (κ1) is 12.5. The molecule has 1 atom stereocenters. The summed E-state index contributed by atoms with van der Waals surface area (Å²) in [6.07, 6.45) is 1.42. The van der Waals surface area contributed by atoms with E-state index in [4.69, 9.17) is 9.47 Å². The van der Waals surface area contributed by atoms with Crippen molar-refractivity contribution in [2.24, 2.45) is 5.92 Å². The number of esters is 1. The highest BCUT2D eigenvalue weighted by Gasteiger charge is 2.23. The first-order chi connectivity index (χ1) is 7.54. The lowest BCUT2D eigenvalue weighted by molar-refractivity contribution is -0.149. The molecule has 16 heavy (non-hydrogen) atoms. The van der Waals surface area contributed by atoms with Gasteiger partial charge in [-0.1, -0.05) is 6.92 Å². The molecule has 1 heterocycles. The smallest absolute Gasteiger partial charge is 0.310 e. The molecule has 5 nitrogen and oxygen atoms in total. The van der Waals surface area contributed by atoms with Crippen LogP contribution in [0.1, 0.15) is 20.8 Å². The molecule has 0 fully saturated rings. The zero-order valence-corrected chi connectivity index (χ0v) is 9.86. The average Bonchev–Trinajstić information content (AvgIpc) is 2.22. The molecule has 1 rings (SSSR count). The van der Waals surface area contributed by atoms with Crippen LogP contribution in [0.25, 0.3) is 0 Å². The van der Waals surface area contributed by atoms with Crippen LogP contribution in [-0.2, 0) is 19.1 Å². The van der Waals surface area contributed by atoms with Crippen LogP contribution in [0.2, 0.25) is 0 Å². The molecule has 90 valence electrons. The van der Waals surface area contributed by atoms with Crippen LogP contribution in [0.15, 0.2) is 11.8 Å². The Balaban J connectivity index is 2.49. The number of hydrogen-bond donors (Lipinski definition) is 0. The van der Waals surface area contributed by atoms with Gasteiger partial charge in [0.2, 0.25) is 0 Å². The maximum absolute atomic E-state index is 11.5. The molecular formula is C11H17NO4. The fraction of sp³-hybridized carbons (Fsp3) is 0.636. The molecule has 1 unspecified atom stereocenters. The van der Waals surface area contributed by atoms with Gasteiger partial charge in [-0.25, -0.2) is 0 Å². The predicted octanol–water partition coefficient (Wildman–Crippen LogP) is 0.906. The third-order valence-electron chi connectivity index (χ3n) is 2.27. The molecule has 0 saturated carbocycles. The van der Waals surface area contributed by atoms with Crippen molar-refractivity contribution in [2.45, 2.75) is 20.8 Å². The minimum atomic E-state index is -0.334. The summed E-state index contributed by atoms with van der Waals surface area (Å²) in [6, 6.07) is 0. The molecule has 0 spiro atoms. The van der Waals surface area contributed by atoms with Crippen molar-refractivity contribution in [3.05, 3.63) is 11.8 Å². The summed E-state index contributed by atoms with van der Waals surface area (Å²) in [5, 5.41) is 0. The zero-order chi connectivity index (χ0) is 12.1. The number of carbonyl (C=O) groups is 2. The van der Waals surface area contributed by atoms with Crippen molar-refractivity contribution in [1.29, 1.82) is 0 Å². The number of carbonyl (C=O) groups excluding carboxylic acids is 2. The molecule has 1 aliphatic rings. The van der Waals surface area contributed by atoms with E-state index in [1.165, 1.54) is 11.0 Å². The predicted molar refractivity (Wildman–Crippen MR) is 57.2 cm³/mol. The Kier molecular flexibility index (Phi) is 4.34. The summed E-state index contributed by atoms with van der Waals surface area (Å²) < 4.78 is 10.1. The molecule has 0 radical (unpaired) electrons. The molecule has 5 heteroatoms. The molecule has 0 saturated heterocycles. The summed E-state index contributed by atoms with van der Waals surface area (Å²) >= 11 is 0. The Morgan fingerprint density at radius 3 is 2.94 bits per heavy atom. The number of hydrogen-bond acceptors (Lipinski definition) is 4. The van der Waals surface area contributed by atoms with Gasteiger partial charge in [0, 0.05) is 12.6 Å². The maximum Gasteiger partial charge on any atom is 0.310 e. The maximum atomic E-state index is 11.5. The van der Waals surface area contributed by atoms with Crippen molar-refractivity contribution < 1.29 is 19.1 Å². The monoisotopic (exact) mass is 227 g/mol. The van der Waals surface area contributed by atoms with Gasteiger partial charge in [0.05, 0.1) is 12.5 Å². The van der Waals surface area contributed by atoms with E-state index >= 15 is 0 Å². The standard InChI is InChI=1S/C11H17NO4/c1-4-15-11(14)8(2)6-12-7-16-9(3)5-10(12)13/h5,8H,4,6-7H2,1-3H3. The molecular weight excluding hydrogens is 210 g/mol. The van der Waals surface area contributed by atoms with Crippen molar-refractivity contribution in [1.82, 2.24) is 4.90 Å². The summed E-state index contributed by atoms with van der Waals surface area (Å²) in [6.45, 7) is 6.09. The van der Waals surface area contributed by atoms with Gasteiger partial charge in [-0.3, -0.25) is 9.59 Å². The van der Waals surface area contributed by atoms with Gasteiger partial charge in [-0.15, -0.1) is 0 Å². The van der Waals surface area contributed by atoms with Gasteiger partial charge in [-0.05, 0) is 13.8 Å². The van der Waals surface area contributed by atoms with Crippen LogP contribution in [0.4, 0.5) is 0 Å². The Hall–Kier alpha value is -1.52. The topological polar surface area (TPSA) is 55.8 Å². The minimum Gasteiger partial charge on any atom is -0.477 e. The van der Waals surface area contributed by atoms with Gasteiger partial charge in [0.25, 0.3) is 5.91 Å². The molecule has 0 aromatic rings. The summed E-state index contributed by atoms with van der Waals surface area (Å²) in [5.41, 5.74) is 0. The largest absolute Gasteiger partial charge is 0.477 e. The van der Waals surface area contributed by atoms with Crippen LogP contribution in [-0.4, -0.2) is 36.7 Å². The van der Waals surface area contributed by atoms with E-state index < -0.39 is 0 Å². The van der Waals surface area contributed by atoms with E-state index in [0.29, 0.717) is 18.9 Å². The van der Waals surface area contributed by atoms with Crippen molar-refractivity contribution in [3.8, 4) is 0 Å². The van der Waals surface area contributed by atoms with E-state index in [0.717, 1.165) is 0 Å². The quantitative estimate of drug-likeness (QED) is 0.670. The Morgan fingerprint density at radius 2 is 2.38 bits per heavy atom. The van der Waals surface area contributed by atoms with Gasteiger partial charge in [-0.2, -0.15) is 0 Å². The highest BCUT2D eigenvalue weighted by atomic mass is 16.5. The zero-order valence-electron chi connectivity index (χ0n) is 9.86. The lowest BCUT2D eigenvalue weighted by Gasteiger charge is -2.27. The highest BCUT2D eigenvalue weighted by molar-refractivity contribution is 5.88. The second kappa shape index (κ2) is 5.53. The summed E-state index contributed by atoms with van der Waals surface area (Å²) in [5.74, 6) is -0.147. The van der Waals surface area contributed by atoms with Crippen LogP contribution >= 0.6 is 0 Å². The van der Waals surface area contributed by atoms with E-state index in [-0.39, 0.29) is 24.5 Å². The first-order valence-corrected chi connectivity index (χ1v) is 5.31.